The Kier molecular flexibility index (Phi) is 5.62. The van der Waals surface area contributed by atoms with E-state index in [9.17, 15) is 4.79 Å². The third-order valence-electron chi connectivity index (χ3n) is 4.10. The van der Waals surface area contributed by atoms with Crippen molar-refractivity contribution in [3.63, 3.8) is 0 Å². The van der Waals surface area contributed by atoms with Crippen molar-refractivity contribution in [1.29, 1.82) is 0 Å². The van der Waals surface area contributed by atoms with Gasteiger partial charge in [-0.25, -0.2) is 0 Å². The number of hydrogen-bond acceptors (Lipinski definition) is 3. The van der Waals surface area contributed by atoms with E-state index < -0.39 is 0 Å². The van der Waals surface area contributed by atoms with Gasteiger partial charge in [0.05, 0.1) is 5.60 Å². The zero-order valence-corrected chi connectivity index (χ0v) is 12.9. The SMILES string of the molecule is CCCOC1(CNC(=O)c2cccc(N)c2)CCCCC1. The summed E-state index contributed by atoms with van der Waals surface area (Å²) in [5.41, 5.74) is 6.76. The molecule has 0 radical (unpaired) electrons. The average Bonchev–Trinajstić information content (AvgIpc) is 2.52. The molecule has 0 spiro atoms. The van der Waals surface area contributed by atoms with Gasteiger partial charge in [-0.1, -0.05) is 32.3 Å². The fraction of sp³-hybridized carbons (Fsp3) is 0.588. The molecule has 1 aromatic carbocycles. The summed E-state index contributed by atoms with van der Waals surface area (Å²) in [6.07, 6.45) is 6.69. The van der Waals surface area contributed by atoms with Gasteiger partial charge in [-0.05, 0) is 37.5 Å². The van der Waals surface area contributed by atoms with Crippen molar-refractivity contribution in [2.75, 3.05) is 18.9 Å². The summed E-state index contributed by atoms with van der Waals surface area (Å²) in [5.74, 6) is -0.0765. The molecule has 0 saturated heterocycles. The summed E-state index contributed by atoms with van der Waals surface area (Å²) < 4.78 is 6.09. The quantitative estimate of drug-likeness (QED) is 0.791. The summed E-state index contributed by atoms with van der Waals surface area (Å²) >= 11 is 0. The van der Waals surface area contributed by atoms with E-state index in [0.717, 1.165) is 25.9 Å². The molecule has 21 heavy (non-hydrogen) atoms. The normalized spacial score (nSPS) is 17.4. The van der Waals surface area contributed by atoms with Crippen LogP contribution in [0.1, 0.15) is 55.8 Å². The highest BCUT2D eigenvalue weighted by Crippen LogP contribution is 2.31. The zero-order chi connectivity index (χ0) is 15.1. The maximum atomic E-state index is 12.2. The Morgan fingerprint density at radius 3 is 2.76 bits per heavy atom. The van der Waals surface area contributed by atoms with Gasteiger partial charge < -0.3 is 15.8 Å². The van der Waals surface area contributed by atoms with Gasteiger partial charge in [-0.15, -0.1) is 0 Å². The Hall–Kier alpha value is -1.55. The standard InChI is InChI=1S/C17H26N2O2/c1-2-11-21-17(9-4-3-5-10-17)13-19-16(20)14-7-6-8-15(18)12-14/h6-8,12H,2-5,9-11,13,18H2,1H3,(H,19,20). The van der Waals surface area contributed by atoms with Gasteiger partial charge >= 0.3 is 0 Å². The summed E-state index contributed by atoms with van der Waals surface area (Å²) in [7, 11) is 0. The van der Waals surface area contributed by atoms with Crippen molar-refractivity contribution in [2.24, 2.45) is 0 Å². The molecule has 0 aliphatic heterocycles. The van der Waals surface area contributed by atoms with E-state index >= 15 is 0 Å². The number of carbonyl (C=O) groups excluding carboxylic acids is 1. The largest absolute Gasteiger partial charge is 0.399 e. The number of benzene rings is 1. The smallest absolute Gasteiger partial charge is 0.251 e. The van der Waals surface area contributed by atoms with Crippen molar-refractivity contribution in [3.8, 4) is 0 Å². The highest BCUT2D eigenvalue weighted by molar-refractivity contribution is 5.95. The van der Waals surface area contributed by atoms with Crippen molar-refractivity contribution < 1.29 is 9.53 Å². The number of anilines is 1. The van der Waals surface area contributed by atoms with E-state index in [0.29, 0.717) is 17.8 Å². The zero-order valence-electron chi connectivity index (χ0n) is 12.9. The fourth-order valence-electron chi connectivity index (χ4n) is 2.91. The third-order valence-corrected chi connectivity index (χ3v) is 4.10. The van der Waals surface area contributed by atoms with E-state index in [1.54, 1.807) is 24.3 Å². The predicted octanol–water partition coefficient (Wildman–Crippen LogP) is 3.13. The molecule has 3 N–H and O–H groups in total. The Morgan fingerprint density at radius 1 is 1.33 bits per heavy atom. The first kappa shape index (κ1) is 15.8. The molecule has 1 aliphatic carbocycles. The van der Waals surface area contributed by atoms with Crippen LogP contribution in [-0.4, -0.2) is 24.7 Å². The first-order valence-corrected chi connectivity index (χ1v) is 7.93. The van der Waals surface area contributed by atoms with E-state index in [4.69, 9.17) is 10.5 Å². The fourth-order valence-corrected chi connectivity index (χ4v) is 2.91. The van der Waals surface area contributed by atoms with Gasteiger partial charge in [0.2, 0.25) is 0 Å². The summed E-state index contributed by atoms with van der Waals surface area (Å²) in [5, 5.41) is 3.03. The van der Waals surface area contributed by atoms with Crippen LogP contribution in [0.3, 0.4) is 0 Å². The van der Waals surface area contributed by atoms with Crippen molar-refractivity contribution >= 4 is 11.6 Å². The van der Waals surface area contributed by atoms with Gasteiger partial charge in [-0.2, -0.15) is 0 Å². The Bertz CT molecular complexity index is 468. The number of nitrogens with two attached hydrogens (primary N) is 1. The maximum absolute atomic E-state index is 12.2. The second kappa shape index (κ2) is 7.46. The van der Waals surface area contributed by atoms with Gasteiger partial charge in [0, 0.05) is 24.4 Å². The molecule has 116 valence electrons. The van der Waals surface area contributed by atoms with Crippen LogP contribution in [0.4, 0.5) is 5.69 Å². The molecule has 0 bridgehead atoms. The molecule has 0 heterocycles. The van der Waals surface area contributed by atoms with E-state index in [2.05, 4.69) is 12.2 Å². The lowest BCUT2D eigenvalue weighted by Crippen LogP contribution is -2.46. The lowest BCUT2D eigenvalue weighted by molar-refractivity contribution is -0.0669. The lowest BCUT2D eigenvalue weighted by atomic mass is 9.84. The number of rotatable bonds is 6. The number of carbonyl (C=O) groups is 1. The molecule has 0 atom stereocenters. The summed E-state index contributed by atoms with van der Waals surface area (Å²) in [4.78, 5) is 12.2. The Morgan fingerprint density at radius 2 is 2.10 bits per heavy atom. The van der Waals surface area contributed by atoms with Crippen LogP contribution in [0.15, 0.2) is 24.3 Å². The van der Waals surface area contributed by atoms with E-state index in [1.807, 2.05) is 0 Å². The highest BCUT2D eigenvalue weighted by Gasteiger charge is 2.33. The topological polar surface area (TPSA) is 64.3 Å². The molecule has 4 nitrogen and oxygen atoms in total. The number of nitrogen functional groups attached to an aromatic ring is 1. The molecule has 1 aromatic rings. The molecular weight excluding hydrogens is 264 g/mol. The lowest BCUT2D eigenvalue weighted by Gasteiger charge is -2.37. The summed E-state index contributed by atoms with van der Waals surface area (Å²) in [6.45, 7) is 3.46. The van der Waals surface area contributed by atoms with Gasteiger partial charge in [0.15, 0.2) is 0 Å². The second-order valence-electron chi connectivity index (χ2n) is 5.90. The number of hydrogen-bond donors (Lipinski definition) is 2. The number of nitrogens with one attached hydrogen (secondary N) is 1. The van der Waals surface area contributed by atoms with Crippen molar-refractivity contribution in [1.82, 2.24) is 5.32 Å². The predicted molar refractivity (Wildman–Crippen MR) is 85.2 cm³/mol. The Balaban J connectivity index is 1.96. The molecule has 2 rings (SSSR count). The molecule has 1 saturated carbocycles. The van der Waals surface area contributed by atoms with Crippen molar-refractivity contribution in [3.05, 3.63) is 29.8 Å². The van der Waals surface area contributed by atoms with Crippen LogP contribution >= 0.6 is 0 Å². The van der Waals surface area contributed by atoms with E-state index in [1.165, 1.54) is 19.3 Å². The number of amides is 1. The van der Waals surface area contributed by atoms with Crippen LogP contribution in [-0.2, 0) is 4.74 Å². The molecule has 0 aromatic heterocycles. The van der Waals surface area contributed by atoms with Crippen LogP contribution in [0.25, 0.3) is 0 Å². The first-order chi connectivity index (χ1) is 10.2. The minimum Gasteiger partial charge on any atom is -0.399 e. The first-order valence-electron chi connectivity index (χ1n) is 7.93. The Labute approximate surface area is 127 Å². The second-order valence-corrected chi connectivity index (χ2v) is 5.90. The monoisotopic (exact) mass is 290 g/mol. The van der Waals surface area contributed by atoms with Gasteiger partial charge in [-0.3, -0.25) is 4.79 Å². The van der Waals surface area contributed by atoms with Crippen LogP contribution in [0.5, 0.6) is 0 Å². The van der Waals surface area contributed by atoms with Gasteiger partial charge in [0.25, 0.3) is 5.91 Å². The van der Waals surface area contributed by atoms with E-state index in [-0.39, 0.29) is 11.5 Å². The minimum atomic E-state index is -0.176. The third kappa shape index (κ3) is 4.46. The minimum absolute atomic E-state index is 0.0765. The molecule has 0 unspecified atom stereocenters. The average molecular weight is 290 g/mol. The van der Waals surface area contributed by atoms with Crippen LogP contribution < -0.4 is 11.1 Å². The number of ether oxygens (including phenoxy) is 1. The molecule has 4 heteroatoms. The van der Waals surface area contributed by atoms with Crippen LogP contribution in [0, 0.1) is 0 Å². The molecule has 1 aliphatic rings. The maximum Gasteiger partial charge on any atom is 0.251 e. The van der Waals surface area contributed by atoms with Crippen LogP contribution in [0.2, 0.25) is 0 Å². The van der Waals surface area contributed by atoms with Gasteiger partial charge in [0.1, 0.15) is 0 Å². The molecular formula is C17H26N2O2. The summed E-state index contributed by atoms with van der Waals surface area (Å²) in [6, 6.07) is 7.07. The molecule has 1 amide bonds. The molecule has 1 fully saturated rings. The highest BCUT2D eigenvalue weighted by atomic mass is 16.5. The van der Waals surface area contributed by atoms with Crippen molar-refractivity contribution in [2.45, 2.75) is 51.0 Å².